The molecule has 7 atom stereocenters. The standard InChI is InChI=1S/C15H21N3O13P2S/c1-27-12-11(31-32(24)34)9(30-13(12)18-5-3-10(20)17-15(18)23)6-29-33(25,26)16-4-2-8(14(21)22)28-7-19/h3,5,7-9,11-13H,2,4,6H2,1H3,(H4-,16,17,20,21,22,23,24,25,26,34)/p+1/t8-,9?,11?,12?,13?/m0/s1. The number of aromatic amines is 1. The zero-order valence-electron chi connectivity index (χ0n) is 17.4. The van der Waals surface area contributed by atoms with Crippen molar-refractivity contribution in [2.24, 2.45) is 0 Å². The Kier molecular flexibility index (Phi) is 10.5. The van der Waals surface area contributed by atoms with E-state index in [1.807, 2.05) is 4.98 Å². The second-order valence-corrected chi connectivity index (χ2v) is 9.94. The predicted octanol–water partition coefficient (Wildman–Crippen LogP) is -0.856. The third kappa shape index (κ3) is 7.80. The summed E-state index contributed by atoms with van der Waals surface area (Å²) < 4.78 is 50.4. The molecule has 1 aliphatic heterocycles. The second kappa shape index (κ2) is 12.7. The molecule has 19 heteroatoms. The molecule has 0 amide bonds. The van der Waals surface area contributed by atoms with Crippen molar-refractivity contribution < 1.29 is 52.0 Å². The van der Waals surface area contributed by atoms with Crippen LogP contribution in [0.2, 0.25) is 0 Å². The minimum atomic E-state index is -4.52. The number of carbonyl (C=O) groups is 2. The normalized spacial score (nSPS) is 25.3. The van der Waals surface area contributed by atoms with Gasteiger partial charge >= 0.3 is 26.6 Å². The minimum absolute atomic E-state index is 0.0615. The molecular formula is C15H22N3O13P2S+. The van der Waals surface area contributed by atoms with Gasteiger partial charge in [0.1, 0.15) is 24.5 Å². The van der Waals surface area contributed by atoms with Gasteiger partial charge in [-0.1, -0.05) is 0 Å². The quantitative estimate of drug-likeness (QED) is 0.109. The zero-order chi connectivity index (χ0) is 25.5. The summed E-state index contributed by atoms with van der Waals surface area (Å²) >= 11 is 3.69. The monoisotopic (exact) mass is 546 g/mol. The third-order valence-corrected chi connectivity index (χ3v) is 6.35. The number of hydrogen-bond donors (Lipinski definition) is 5. The molecule has 0 saturated carbocycles. The molecule has 1 aliphatic rings. The fraction of sp³-hybridized carbons (Fsp3) is 0.600. The smallest absolute Gasteiger partial charge is 0.479 e. The zero-order valence-corrected chi connectivity index (χ0v) is 20.1. The molecule has 1 aromatic rings. The molecular weight excluding hydrogens is 524 g/mol. The molecule has 190 valence electrons. The maximum absolute atomic E-state index is 12.3. The van der Waals surface area contributed by atoms with E-state index in [0.717, 1.165) is 16.8 Å². The maximum Gasteiger partial charge on any atom is 0.582 e. The number of nitrogens with zero attached hydrogens (tertiary/aromatic N) is 1. The van der Waals surface area contributed by atoms with Crippen LogP contribution in [0.3, 0.4) is 0 Å². The van der Waals surface area contributed by atoms with E-state index in [1.54, 1.807) is 0 Å². The Morgan fingerprint density at radius 3 is 2.74 bits per heavy atom. The highest BCUT2D eigenvalue weighted by Crippen LogP contribution is 2.43. The topological polar surface area (TPSA) is 222 Å². The van der Waals surface area contributed by atoms with Crippen LogP contribution in [-0.2, 0) is 42.0 Å². The summed E-state index contributed by atoms with van der Waals surface area (Å²) in [5, 5.41) is 11.0. The van der Waals surface area contributed by atoms with E-state index in [9.17, 15) is 33.2 Å². The molecule has 0 aliphatic carbocycles. The van der Waals surface area contributed by atoms with E-state index in [2.05, 4.69) is 22.1 Å². The highest BCUT2D eigenvalue weighted by molar-refractivity contribution is 8.39. The van der Waals surface area contributed by atoms with Crippen molar-refractivity contribution in [3.8, 4) is 0 Å². The van der Waals surface area contributed by atoms with Crippen molar-refractivity contribution in [1.29, 1.82) is 0 Å². The Hall–Kier alpha value is -1.94. The first-order valence-corrected chi connectivity index (χ1v) is 13.3. The maximum atomic E-state index is 12.3. The fourth-order valence-electron chi connectivity index (χ4n) is 3.05. The first-order chi connectivity index (χ1) is 16.0. The van der Waals surface area contributed by atoms with Crippen molar-refractivity contribution in [3.63, 3.8) is 0 Å². The first-order valence-electron chi connectivity index (χ1n) is 9.36. The molecule has 34 heavy (non-hydrogen) atoms. The lowest BCUT2D eigenvalue weighted by Crippen LogP contribution is -2.39. The molecule has 16 nitrogen and oxygen atoms in total. The Bertz CT molecular complexity index is 1050. The van der Waals surface area contributed by atoms with Crippen molar-refractivity contribution >= 4 is 39.7 Å². The molecule has 0 bridgehead atoms. The van der Waals surface area contributed by atoms with E-state index in [1.165, 1.54) is 7.11 Å². The molecule has 2 heterocycles. The number of thiol groups is 1. The number of rotatable bonds is 14. The summed E-state index contributed by atoms with van der Waals surface area (Å²) in [4.78, 5) is 56.8. The van der Waals surface area contributed by atoms with Crippen LogP contribution in [-0.4, -0.2) is 76.7 Å². The summed E-state index contributed by atoms with van der Waals surface area (Å²) in [7, 11) is -5.76. The fourth-order valence-corrected chi connectivity index (χ4v) is 4.69. The lowest BCUT2D eigenvalue weighted by atomic mass is 10.1. The number of hydrogen-bond acceptors (Lipinski definition) is 11. The van der Waals surface area contributed by atoms with Gasteiger partial charge < -0.3 is 24.2 Å². The van der Waals surface area contributed by atoms with Gasteiger partial charge in [-0.2, -0.15) is 0 Å². The molecule has 0 radical (unpaired) electrons. The summed E-state index contributed by atoms with van der Waals surface area (Å²) in [6.45, 7) is -1.05. The highest BCUT2D eigenvalue weighted by Gasteiger charge is 2.51. The number of carboxylic acid groups (broad SMARTS) is 1. The number of aliphatic carboxylic acids is 1. The van der Waals surface area contributed by atoms with Crippen LogP contribution in [0.1, 0.15) is 12.6 Å². The number of H-pyrrole nitrogens is 1. The van der Waals surface area contributed by atoms with E-state index in [0.29, 0.717) is 0 Å². The Labute approximate surface area is 197 Å². The highest BCUT2D eigenvalue weighted by atomic mass is 32.7. The van der Waals surface area contributed by atoms with Gasteiger partial charge in [-0.3, -0.25) is 23.7 Å². The average Bonchev–Trinajstić information content (AvgIpc) is 3.07. The molecule has 0 aromatic carbocycles. The van der Waals surface area contributed by atoms with Crippen LogP contribution in [0.5, 0.6) is 0 Å². The van der Waals surface area contributed by atoms with Gasteiger partial charge in [0.25, 0.3) is 12.0 Å². The first kappa shape index (κ1) is 28.3. The number of methoxy groups -OCH3 is 1. The molecule has 2 rings (SSSR count). The van der Waals surface area contributed by atoms with Crippen LogP contribution >= 0.6 is 27.2 Å². The lowest BCUT2D eigenvalue weighted by Gasteiger charge is -2.20. The molecule has 6 unspecified atom stereocenters. The van der Waals surface area contributed by atoms with Gasteiger partial charge in [0.05, 0.1) is 6.61 Å². The number of nitrogens with one attached hydrogen (secondary N) is 2. The van der Waals surface area contributed by atoms with E-state index >= 15 is 0 Å². The van der Waals surface area contributed by atoms with Gasteiger partial charge in [0.15, 0.2) is 18.4 Å². The van der Waals surface area contributed by atoms with Crippen LogP contribution in [0, 0.1) is 0 Å². The van der Waals surface area contributed by atoms with Crippen molar-refractivity contribution in [1.82, 2.24) is 14.6 Å². The summed E-state index contributed by atoms with van der Waals surface area (Å²) in [5.74, 6) is -1.45. The second-order valence-electron chi connectivity index (χ2n) is 6.66. The van der Waals surface area contributed by atoms with Crippen LogP contribution in [0.4, 0.5) is 0 Å². The lowest BCUT2D eigenvalue weighted by molar-refractivity contribution is -0.156. The Morgan fingerprint density at radius 1 is 1.47 bits per heavy atom. The SMILES string of the molecule is COC1C(O[P+](=O)S)C(COP(=O)(O)NCC[C@H](OC=O)C(=O)O)OC1n1ccc(=O)[nH]c1=O. The minimum Gasteiger partial charge on any atom is -0.479 e. The van der Waals surface area contributed by atoms with E-state index < -0.39 is 69.4 Å². The molecule has 1 fully saturated rings. The third-order valence-electron chi connectivity index (χ3n) is 4.52. The van der Waals surface area contributed by atoms with Crippen molar-refractivity contribution in [2.45, 2.75) is 37.1 Å². The van der Waals surface area contributed by atoms with Gasteiger partial charge in [-0.15, -0.1) is 4.52 Å². The Balaban J connectivity index is 2.10. The molecule has 4 N–H and O–H groups in total. The molecule has 1 aromatic heterocycles. The number of aromatic nitrogens is 2. The van der Waals surface area contributed by atoms with Crippen LogP contribution in [0.25, 0.3) is 0 Å². The summed E-state index contributed by atoms with van der Waals surface area (Å²) in [6.07, 6.45) is -5.36. The number of ether oxygens (including phenoxy) is 3. The Morgan fingerprint density at radius 2 is 2.18 bits per heavy atom. The van der Waals surface area contributed by atoms with Gasteiger partial charge in [0, 0.05) is 32.3 Å². The molecule has 1 saturated heterocycles. The van der Waals surface area contributed by atoms with Gasteiger partial charge in [-0.25, -0.2) is 19.2 Å². The van der Waals surface area contributed by atoms with Crippen molar-refractivity contribution in [3.05, 3.63) is 33.1 Å². The molecule has 0 spiro atoms. The van der Waals surface area contributed by atoms with Gasteiger partial charge in [-0.05, 0) is 4.57 Å². The predicted molar refractivity (Wildman–Crippen MR) is 114 cm³/mol. The summed E-state index contributed by atoms with van der Waals surface area (Å²) in [6, 6.07) is 1.06. The van der Waals surface area contributed by atoms with Crippen molar-refractivity contribution in [2.75, 3.05) is 20.3 Å². The van der Waals surface area contributed by atoms with Gasteiger partial charge in [0.2, 0.25) is 0 Å². The van der Waals surface area contributed by atoms with E-state index in [4.69, 9.17) is 23.6 Å². The summed E-state index contributed by atoms with van der Waals surface area (Å²) in [5.41, 5.74) is -1.49. The van der Waals surface area contributed by atoms with Crippen LogP contribution < -0.4 is 16.3 Å². The van der Waals surface area contributed by atoms with E-state index in [-0.39, 0.29) is 19.4 Å². The largest absolute Gasteiger partial charge is 0.582 e. The average molecular weight is 546 g/mol. The number of carboxylic acids is 1. The number of carbonyl (C=O) groups excluding carboxylic acids is 1. The van der Waals surface area contributed by atoms with Crippen LogP contribution in [0.15, 0.2) is 21.9 Å².